The van der Waals surface area contributed by atoms with E-state index in [9.17, 15) is 4.79 Å². The molecule has 164 valence electrons. The Bertz CT molecular complexity index is 1240. The van der Waals surface area contributed by atoms with E-state index in [1.807, 2.05) is 54.6 Å². The van der Waals surface area contributed by atoms with E-state index >= 15 is 0 Å². The van der Waals surface area contributed by atoms with E-state index in [4.69, 9.17) is 24.7 Å². The number of benzene rings is 3. The number of aryl methyl sites for hydroxylation is 1. The summed E-state index contributed by atoms with van der Waals surface area (Å²) in [6.07, 6.45) is 2.42. The maximum Gasteiger partial charge on any atom is 0.341 e. The first-order valence-electron chi connectivity index (χ1n) is 10.5. The number of nitrogens with two attached hydrogens (primary N) is 1. The third-order valence-electron chi connectivity index (χ3n) is 5.32. The lowest BCUT2D eigenvalue weighted by atomic mass is 9.98. The molecule has 0 spiro atoms. The number of ether oxygens (including phenoxy) is 2. The van der Waals surface area contributed by atoms with Crippen molar-refractivity contribution in [1.29, 1.82) is 0 Å². The molecule has 0 aliphatic heterocycles. The zero-order valence-corrected chi connectivity index (χ0v) is 17.8. The van der Waals surface area contributed by atoms with Gasteiger partial charge >= 0.3 is 5.97 Å². The van der Waals surface area contributed by atoms with Gasteiger partial charge in [-0.3, -0.25) is 0 Å². The van der Waals surface area contributed by atoms with Crippen LogP contribution in [0.4, 0.5) is 0 Å². The Balaban J connectivity index is 1.80. The van der Waals surface area contributed by atoms with Gasteiger partial charge in [0.25, 0.3) is 0 Å². The van der Waals surface area contributed by atoms with E-state index in [0.29, 0.717) is 23.3 Å². The lowest BCUT2D eigenvalue weighted by Gasteiger charge is -2.16. The Labute approximate surface area is 186 Å². The molecule has 3 aromatic carbocycles. The van der Waals surface area contributed by atoms with Gasteiger partial charge in [0.2, 0.25) is 0 Å². The Kier molecular flexibility index (Phi) is 6.42. The topological polar surface area (TPSA) is 94.9 Å². The van der Waals surface area contributed by atoms with Gasteiger partial charge < -0.3 is 24.7 Å². The number of aliphatic carboxylic acids is 1. The van der Waals surface area contributed by atoms with Gasteiger partial charge in [0, 0.05) is 17.7 Å². The summed E-state index contributed by atoms with van der Waals surface area (Å²) < 4.78 is 17.6. The number of furan rings is 1. The number of hydrogen-bond donors (Lipinski definition) is 2. The summed E-state index contributed by atoms with van der Waals surface area (Å²) in [7, 11) is 0. The summed E-state index contributed by atoms with van der Waals surface area (Å²) in [4.78, 5) is 11.2. The smallest absolute Gasteiger partial charge is 0.341 e. The number of hydrogen-bond acceptors (Lipinski definition) is 5. The predicted molar refractivity (Wildman–Crippen MR) is 123 cm³/mol. The van der Waals surface area contributed by atoms with Gasteiger partial charge in [0.1, 0.15) is 23.7 Å². The molecule has 0 radical (unpaired) electrons. The molecule has 6 heteroatoms. The SMILES string of the molecule is CCc1ccccc1OCc1cc(-c2cccc(CN)c2)c2occc2c1OCC(=O)O. The molecule has 3 N–H and O–H groups in total. The van der Waals surface area contributed by atoms with Crippen LogP contribution in [-0.2, 0) is 24.4 Å². The van der Waals surface area contributed by atoms with Crippen molar-refractivity contribution in [2.75, 3.05) is 6.61 Å². The van der Waals surface area contributed by atoms with Crippen LogP contribution in [-0.4, -0.2) is 17.7 Å². The van der Waals surface area contributed by atoms with E-state index in [2.05, 4.69) is 6.92 Å². The fourth-order valence-corrected chi connectivity index (χ4v) is 3.76. The molecule has 0 aliphatic rings. The molecule has 0 unspecified atom stereocenters. The minimum atomic E-state index is -1.05. The number of fused-ring (bicyclic) bond motifs is 1. The van der Waals surface area contributed by atoms with Crippen molar-refractivity contribution >= 4 is 16.9 Å². The molecule has 0 saturated heterocycles. The first kappa shape index (κ1) is 21.5. The van der Waals surface area contributed by atoms with Crippen molar-refractivity contribution in [3.8, 4) is 22.6 Å². The maximum atomic E-state index is 11.2. The number of carbonyl (C=O) groups is 1. The van der Waals surface area contributed by atoms with Crippen LogP contribution in [0.1, 0.15) is 23.6 Å². The largest absolute Gasteiger partial charge is 0.488 e. The third-order valence-corrected chi connectivity index (χ3v) is 5.32. The van der Waals surface area contributed by atoms with Crippen LogP contribution in [0.2, 0.25) is 0 Å². The molecular weight excluding hydrogens is 406 g/mol. The Hall–Kier alpha value is -3.77. The van der Waals surface area contributed by atoms with Crippen LogP contribution in [0.3, 0.4) is 0 Å². The molecule has 0 bridgehead atoms. The van der Waals surface area contributed by atoms with Crippen LogP contribution in [0.15, 0.2) is 71.3 Å². The van der Waals surface area contributed by atoms with Gasteiger partial charge in [0.05, 0.1) is 11.6 Å². The molecule has 4 rings (SSSR count). The van der Waals surface area contributed by atoms with Gasteiger partial charge in [-0.05, 0) is 47.4 Å². The normalized spacial score (nSPS) is 10.9. The second-order valence-electron chi connectivity index (χ2n) is 7.41. The second kappa shape index (κ2) is 9.58. The zero-order chi connectivity index (χ0) is 22.5. The molecule has 0 aliphatic carbocycles. The molecule has 6 nitrogen and oxygen atoms in total. The standard InChI is InChI=1S/C26H25NO5/c1-2-18-7-3-4-9-23(18)31-15-20-13-22(19-8-5-6-17(12-19)14-27)26-21(10-11-30-26)25(20)32-16-24(28)29/h3-13H,2,14-16,27H2,1H3,(H,28,29). The first-order valence-corrected chi connectivity index (χ1v) is 10.5. The van der Waals surface area contributed by atoms with Crippen LogP contribution in [0.25, 0.3) is 22.1 Å². The van der Waals surface area contributed by atoms with Gasteiger partial charge in [-0.25, -0.2) is 4.79 Å². The van der Waals surface area contributed by atoms with Gasteiger partial charge in [-0.2, -0.15) is 0 Å². The lowest BCUT2D eigenvalue weighted by molar-refractivity contribution is -0.139. The number of para-hydroxylation sites is 1. The van der Waals surface area contributed by atoms with Crippen LogP contribution >= 0.6 is 0 Å². The Morgan fingerprint density at radius 1 is 1.03 bits per heavy atom. The second-order valence-corrected chi connectivity index (χ2v) is 7.41. The minimum Gasteiger partial charge on any atom is -0.488 e. The Morgan fingerprint density at radius 2 is 1.88 bits per heavy atom. The molecular formula is C26H25NO5. The summed E-state index contributed by atoms with van der Waals surface area (Å²) in [6, 6.07) is 19.5. The van der Waals surface area contributed by atoms with Crippen molar-refractivity contribution in [2.24, 2.45) is 5.73 Å². The highest BCUT2D eigenvalue weighted by Gasteiger charge is 2.19. The van der Waals surface area contributed by atoms with Crippen LogP contribution in [0, 0.1) is 0 Å². The highest BCUT2D eigenvalue weighted by molar-refractivity contribution is 5.97. The van der Waals surface area contributed by atoms with Crippen LogP contribution in [0.5, 0.6) is 11.5 Å². The summed E-state index contributed by atoms with van der Waals surface area (Å²) in [5.74, 6) is 0.187. The first-order chi connectivity index (χ1) is 15.6. The molecule has 4 aromatic rings. The average molecular weight is 431 g/mol. The highest BCUT2D eigenvalue weighted by Crippen LogP contribution is 2.39. The molecule has 1 heterocycles. The monoisotopic (exact) mass is 431 g/mol. The molecule has 0 amide bonds. The molecule has 0 atom stereocenters. The van der Waals surface area contributed by atoms with Crippen molar-refractivity contribution in [3.63, 3.8) is 0 Å². The number of rotatable bonds is 9. The van der Waals surface area contributed by atoms with E-state index in [-0.39, 0.29) is 6.61 Å². The van der Waals surface area contributed by atoms with Crippen molar-refractivity contribution < 1.29 is 23.8 Å². The molecule has 0 saturated carbocycles. The van der Waals surface area contributed by atoms with E-state index < -0.39 is 12.6 Å². The third kappa shape index (κ3) is 4.45. The number of carboxylic acids is 1. The van der Waals surface area contributed by atoms with E-state index in [1.165, 1.54) is 0 Å². The zero-order valence-electron chi connectivity index (χ0n) is 17.8. The highest BCUT2D eigenvalue weighted by atomic mass is 16.5. The van der Waals surface area contributed by atoms with Gasteiger partial charge in [0.15, 0.2) is 6.61 Å². The van der Waals surface area contributed by atoms with Crippen molar-refractivity contribution in [2.45, 2.75) is 26.5 Å². The summed E-state index contributed by atoms with van der Waals surface area (Å²) in [5.41, 5.74) is 11.1. The lowest BCUT2D eigenvalue weighted by Crippen LogP contribution is -2.11. The Morgan fingerprint density at radius 3 is 2.66 bits per heavy atom. The fourth-order valence-electron chi connectivity index (χ4n) is 3.76. The molecule has 1 aromatic heterocycles. The van der Waals surface area contributed by atoms with E-state index in [0.717, 1.165) is 40.0 Å². The fraction of sp³-hybridized carbons (Fsp3) is 0.192. The van der Waals surface area contributed by atoms with Gasteiger partial charge in [-0.1, -0.05) is 43.3 Å². The van der Waals surface area contributed by atoms with Crippen LogP contribution < -0.4 is 15.2 Å². The summed E-state index contributed by atoms with van der Waals surface area (Å²) in [5, 5.41) is 9.86. The minimum absolute atomic E-state index is 0.219. The quantitative estimate of drug-likeness (QED) is 0.380. The van der Waals surface area contributed by atoms with Crippen molar-refractivity contribution in [3.05, 3.63) is 83.6 Å². The summed E-state index contributed by atoms with van der Waals surface area (Å²) in [6.45, 7) is 2.26. The maximum absolute atomic E-state index is 11.2. The van der Waals surface area contributed by atoms with E-state index in [1.54, 1.807) is 12.3 Å². The summed E-state index contributed by atoms with van der Waals surface area (Å²) >= 11 is 0. The molecule has 0 fully saturated rings. The average Bonchev–Trinajstić information content (AvgIpc) is 3.31. The number of carboxylic acid groups (broad SMARTS) is 1. The van der Waals surface area contributed by atoms with Gasteiger partial charge in [-0.15, -0.1) is 0 Å². The predicted octanol–water partition coefficient (Wildman–Crippen LogP) is 5.16. The molecule has 32 heavy (non-hydrogen) atoms. The van der Waals surface area contributed by atoms with Crippen molar-refractivity contribution in [1.82, 2.24) is 0 Å².